The van der Waals surface area contributed by atoms with E-state index >= 15 is 0 Å². The molecule has 0 spiro atoms. The number of rotatable bonds is 1. The molecule has 8 heteroatoms. The van der Waals surface area contributed by atoms with E-state index in [4.69, 9.17) is 0 Å². The highest BCUT2D eigenvalue weighted by Crippen LogP contribution is 2.36. The third kappa shape index (κ3) is 2.55. The van der Waals surface area contributed by atoms with Gasteiger partial charge in [0.2, 0.25) is 0 Å². The topological polar surface area (TPSA) is 99.6 Å². The molecule has 2 amide bonds. The van der Waals surface area contributed by atoms with E-state index in [1.807, 2.05) is 0 Å². The van der Waals surface area contributed by atoms with Gasteiger partial charge in [-0.05, 0) is 25.1 Å². The molecule has 0 bridgehead atoms. The third-order valence-corrected chi connectivity index (χ3v) is 5.85. The SMILES string of the molecule is CC1N(C(=O)Nc2ccccn2)C(O)c2ccccc2S1(=O)=O. The summed E-state index contributed by atoms with van der Waals surface area (Å²) < 4.78 is 25.1. The number of pyridine rings is 1. The number of hydrogen-bond donors (Lipinski definition) is 2. The largest absolute Gasteiger partial charge is 0.369 e. The Balaban J connectivity index is 1.99. The highest BCUT2D eigenvalue weighted by Gasteiger charge is 2.43. The molecule has 1 aromatic carbocycles. The summed E-state index contributed by atoms with van der Waals surface area (Å²) in [6, 6.07) is 10.3. The lowest BCUT2D eigenvalue weighted by Crippen LogP contribution is -2.50. The number of nitrogens with one attached hydrogen (secondary N) is 1. The molecule has 2 atom stereocenters. The van der Waals surface area contributed by atoms with Gasteiger partial charge in [0.25, 0.3) is 0 Å². The fourth-order valence-electron chi connectivity index (χ4n) is 2.52. The van der Waals surface area contributed by atoms with Gasteiger partial charge in [-0.2, -0.15) is 0 Å². The maximum Gasteiger partial charge on any atom is 0.326 e. The molecule has 1 aromatic heterocycles. The van der Waals surface area contributed by atoms with Crippen LogP contribution in [0.25, 0.3) is 0 Å². The normalized spacial score (nSPS) is 22.3. The number of fused-ring (bicyclic) bond motifs is 1. The quantitative estimate of drug-likeness (QED) is 0.828. The molecule has 2 unspecified atom stereocenters. The summed E-state index contributed by atoms with van der Waals surface area (Å²) >= 11 is 0. The molecular formula is C15H15N3O4S. The number of aliphatic hydroxyl groups excluding tert-OH is 1. The van der Waals surface area contributed by atoms with E-state index in [9.17, 15) is 18.3 Å². The van der Waals surface area contributed by atoms with E-state index in [0.717, 1.165) is 4.90 Å². The van der Waals surface area contributed by atoms with Crippen LogP contribution in [0.4, 0.5) is 10.6 Å². The molecule has 2 heterocycles. The second-order valence-corrected chi connectivity index (χ2v) is 7.32. The predicted molar refractivity (Wildman–Crippen MR) is 83.1 cm³/mol. The van der Waals surface area contributed by atoms with Crippen LogP contribution in [0.5, 0.6) is 0 Å². The fourth-order valence-corrected chi connectivity index (χ4v) is 4.17. The van der Waals surface area contributed by atoms with Crippen LogP contribution in [0.1, 0.15) is 18.7 Å². The number of amides is 2. The zero-order valence-electron chi connectivity index (χ0n) is 12.2. The van der Waals surface area contributed by atoms with Crippen molar-refractivity contribution in [3.63, 3.8) is 0 Å². The molecule has 120 valence electrons. The summed E-state index contributed by atoms with van der Waals surface area (Å²) in [7, 11) is -3.76. The van der Waals surface area contributed by atoms with Gasteiger partial charge < -0.3 is 5.11 Å². The minimum atomic E-state index is -3.76. The van der Waals surface area contributed by atoms with Crippen LogP contribution >= 0.6 is 0 Å². The van der Waals surface area contributed by atoms with Crippen molar-refractivity contribution in [1.82, 2.24) is 9.88 Å². The number of benzene rings is 1. The molecule has 0 radical (unpaired) electrons. The summed E-state index contributed by atoms with van der Waals surface area (Å²) in [6.07, 6.45) is 0.144. The van der Waals surface area contributed by atoms with Crippen LogP contribution in [0.3, 0.4) is 0 Å². The first-order chi connectivity index (χ1) is 10.9. The summed E-state index contributed by atoms with van der Waals surface area (Å²) in [5.74, 6) is 0.271. The van der Waals surface area contributed by atoms with Gasteiger partial charge >= 0.3 is 6.03 Å². The highest BCUT2D eigenvalue weighted by molar-refractivity contribution is 7.92. The number of aromatic nitrogens is 1. The van der Waals surface area contributed by atoms with Crippen molar-refractivity contribution in [3.8, 4) is 0 Å². The van der Waals surface area contributed by atoms with Crippen molar-refractivity contribution in [2.45, 2.75) is 23.4 Å². The molecule has 1 aliphatic rings. The molecule has 7 nitrogen and oxygen atoms in total. The minimum absolute atomic E-state index is 0.0434. The van der Waals surface area contributed by atoms with Crippen LogP contribution < -0.4 is 5.32 Å². The lowest BCUT2D eigenvalue weighted by Gasteiger charge is -2.38. The van der Waals surface area contributed by atoms with E-state index < -0.39 is 27.5 Å². The summed E-state index contributed by atoms with van der Waals surface area (Å²) in [6.45, 7) is 1.37. The average Bonchev–Trinajstić information content (AvgIpc) is 2.54. The monoisotopic (exact) mass is 333 g/mol. The Morgan fingerprint density at radius 1 is 1.22 bits per heavy atom. The minimum Gasteiger partial charge on any atom is -0.369 e. The number of nitrogens with zero attached hydrogens (tertiary/aromatic N) is 2. The highest BCUT2D eigenvalue weighted by atomic mass is 32.2. The van der Waals surface area contributed by atoms with Crippen LogP contribution in [-0.2, 0) is 9.84 Å². The van der Waals surface area contributed by atoms with E-state index in [1.165, 1.54) is 25.3 Å². The van der Waals surface area contributed by atoms with Gasteiger partial charge in [-0.3, -0.25) is 10.2 Å². The molecule has 3 rings (SSSR count). The van der Waals surface area contributed by atoms with E-state index in [2.05, 4.69) is 10.3 Å². The van der Waals surface area contributed by atoms with E-state index in [1.54, 1.807) is 30.3 Å². The van der Waals surface area contributed by atoms with Gasteiger partial charge in [0.1, 0.15) is 11.2 Å². The van der Waals surface area contributed by atoms with Crippen molar-refractivity contribution in [2.75, 3.05) is 5.32 Å². The van der Waals surface area contributed by atoms with Crippen molar-refractivity contribution in [2.24, 2.45) is 0 Å². The Morgan fingerprint density at radius 2 is 1.91 bits per heavy atom. The van der Waals surface area contributed by atoms with Gasteiger partial charge in [-0.25, -0.2) is 18.2 Å². The van der Waals surface area contributed by atoms with Gasteiger partial charge in [0.15, 0.2) is 16.1 Å². The van der Waals surface area contributed by atoms with Crippen LogP contribution in [-0.4, -0.2) is 34.8 Å². The van der Waals surface area contributed by atoms with Crippen LogP contribution in [0, 0.1) is 0 Å². The molecule has 23 heavy (non-hydrogen) atoms. The molecule has 0 saturated heterocycles. The standard InChI is InChI=1S/C15H15N3O4S/c1-10-18(15(20)17-13-8-4-5-9-16-13)14(19)11-6-2-3-7-12(11)23(10,21)22/h2-10,14,19H,1H3,(H,16,17,20). The Bertz CT molecular complexity index is 839. The second kappa shape index (κ2) is 5.64. The number of hydrogen-bond acceptors (Lipinski definition) is 5. The van der Waals surface area contributed by atoms with Crippen LogP contribution in [0.2, 0.25) is 0 Å². The van der Waals surface area contributed by atoms with Gasteiger partial charge in [-0.1, -0.05) is 24.3 Å². The van der Waals surface area contributed by atoms with Gasteiger partial charge in [0, 0.05) is 11.8 Å². The zero-order chi connectivity index (χ0) is 16.6. The summed E-state index contributed by atoms with van der Waals surface area (Å²) in [5.41, 5.74) is 0.182. The molecule has 0 fully saturated rings. The molecule has 0 saturated carbocycles. The lowest BCUT2D eigenvalue weighted by atomic mass is 10.1. The van der Waals surface area contributed by atoms with Crippen molar-refractivity contribution >= 4 is 21.7 Å². The Labute approximate surface area is 133 Å². The Kier molecular flexibility index (Phi) is 3.78. The predicted octanol–water partition coefficient (Wildman–Crippen LogP) is 1.74. The first kappa shape index (κ1) is 15.4. The van der Waals surface area contributed by atoms with Gasteiger partial charge in [-0.15, -0.1) is 0 Å². The first-order valence-corrected chi connectivity index (χ1v) is 8.49. The number of carbonyl (C=O) groups excluding carboxylic acids is 1. The fraction of sp³-hybridized carbons (Fsp3) is 0.200. The van der Waals surface area contributed by atoms with E-state index in [0.29, 0.717) is 0 Å². The Morgan fingerprint density at radius 3 is 2.61 bits per heavy atom. The molecule has 0 aliphatic carbocycles. The van der Waals surface area contributed by atoms with E-state index in [-0.39, 0.29) is 16.3 Å². The number of anilines is 1. The molecular weight excluding hydrogens is 318 g/mol. The number of aliphatic hydroxyl groups is 1. The van der Waals surface area contributed by atoms with Crippen molar-refractivity contribution < 1.29 is 18.3 Å². The number of carbonyl (C=O) groups is 1. The summed E-state index contributed by atoms with van der Waals surface area (Å²) in [4.78, 5) is 17.3. The molecule has 2 aromatic rings. The Hall–Kier alpha value is -2.45. The maximum absolute atomic E-state index is 12.6. The van der Waals surface area contributed by atoms with Crippen LogP contribution in [0.15, 0.2) is 53.6 Å². The van der Waals surface area contributed by atoms with Crippen molar-refractivity contribution in [3.05, 3.63) is 54.2 Å². The smallest absolute Gasteiger partial charge is 0.326 e. The first-order valence-electron chi connectivity index (χ1n) is 6.94. The van der Waals surface area contributed by atoms with Gasteiger partial charge in [0.05, 0.1) is 4.90 Å². The maximum atomic E-state index is 12.6. The zero-order valence-corrected chi connectivity index (χ0v) is 13.1. The lowest BCUT2D eigenvalue weighted by molar-refractivity contribution is 0.0222. The summed E-state index contributed by atoms with van der Waals surface area (Å²) in [5, 5.41) is 11.7. The number of sulfone groups is 1. The average molecular weight is 333 g/mol. The number of urea groups is 1. The molecule has 1 aliphatic heterocycles. The second-order valence-electron chi connectivity index (χ2n) is 5.11. The molecule has 2 N–H and O–H groups in total. The third-order valence-electron chi connectivity index (χ3n) is 3.74. The van der Waals surface area contributed by atoms with Crippen molar-refractivity contribution in [1.29, 1.82) is 0 Å².